The molecular formula is C42H46N6O6. The van der Waals surface area contributed by atoms with Crippen LogP contribution >= 0.6 is 0 Å². The lowest BCUT2D eigenvalue weighted by Gasteiger charge is -2.55. The number of piperidine rings is 1. The van der Waals surface area contributed by atoms with Gasteiger partial charge in [0.25, 0.3) is 11.5 Å². The van der Waals surface area contributed by atoms with Gasteiger partial charge in [0.1, 0.15) is 23.1 Å². The molecule has 5 aliphatic rings. The molecule has 1 amide bonds. The number of ether oxygens (including phenoxy) is 2. The summed E-state index contributed by atoms with van der Waals surface area (Å²) in [7, 11) is 5.17. The Kier molecular flexibility index (Phi) is 8.48. The molecule has 1 unspecified atom stereocenters. The number of Topliss-reactive ketones (excluding diaryl/α,β-unsaturated/α-hetero) is 2. The van der Waals surface area contributed by atoms with Crippen LogP contribution in [0.25, 0.3) is 21.9 Å². The molecule has 12 nitrogen and oxygen atoms in total. The van der Waals surface area contributed by atoms with Gasteiger partial charge in [-0.15, -0.1) is 0 Å². The minimum atomic E-state index is -0.497. The Morgan fingerprint density at radius 3 is 2.28 bits per heavy atom. The van der Waals surface area contributed by atoms with Crippen LogP contribution in [0.2, 0.25) is 0 Å². The maximum atomic E-state index is 13.2. The Morgan fingerprint density at radius 1 is 0.870 bits per heavy atom. The van der Waals surface area contributed by atoms with E-state index >= 15 is 0 Å². The van der Waals surface area contributed by atoms with Crippen molar-refractivity contribution in [2.24, 2.45) is 12.5 Å². The third kappa shape index (κ3) is 5.82. The lowest BCUT2D eigenvalue weighted by molar-refractivity contribution is -0.133. The fraction of sp³-hybridized carbons (Fsp3) is 0.452. The van der Waals surface area contributed by atoms with Crippen molar-refractivity contribution < 1.29 is 23.9 Å². The number of benzene rings is 2. The van der Waals surface area contributed by atoms with Gasteiger partial charge in [0.2, 0.25) is 0 Å². The number of aryl methyl sites for hydroxylation is 1. The number of ketones is 2. The van der Waals surface area contributed by atoms with Crippen LogP contribution < -0.4 is 24.8 Å². The van der Waals surface area contributed by atoms with Gasteiger partial charge >= 0.3 is 0 Å². The summed E-state index contributed by atoms with van der Waals surface area (Å²) < 4.78 is 13.6. The van der Waals surface area contributed by atoms with Crippen molar-refractivity contribution in [3.05, 3.63) is 75.8 Å². The average molecular weight is 731 g/mol. The zero-order chi connectivity index (χ0) is 37.3. The van der Waals surface area contributed by atoms with E-state index < -0.39 is 6.04 Å². The van der Waals surface area contributed by atoms with Crippen LogP contribution in [0.4, 0.5) is 11.5 Å². The van der Waals surface area contributed by atoms with E-state index in [-0.39, 0.29) is 34.9 Å². The molecule has 4 fully saturated rings. The maximum absolute atomic E-state index is 13.2. The number of hydrogen-bond acceptors (Lipinski definition) is 10. The molecule has 1 saturated carbocycles. The number of methoxy groups -OCH3 is 2. The molecule has 4 aliphatic heterocycles. The number of carbonyl (C=O) groups excluding carboxylic acids is 3. The molecule has 9 rings (SSSR count). The molecule has 0 radical (unpaired) electrons. The van der Waals surface area contributed by atoms with Crippen molar-refractivity contribution in [3.63, 3.8) is 0 Å². The fourth-order valence-electron chi connectivity index (χ4n) is 9.23. The standard InChI is InChI=1S/C42H46N6O6/c1-44-22-33(31-19-39(46-11-4-12-46)43-20-32(31)40(44)51)26-16-37(53-2)34(38(17-26)54-3)23-45-13-9-42(10-14-45)24-47(25-42)28-5-7-30-27(15-28)21-48(41(30)52)35-8-6-29(49)18-36(35)50/h5,7,15-17,19-20,22,35H,4,6,8-14,18,21,23-25H2,1-3H3. The van der Waals surface area contributed by atoms with Gasteiger partial charge in [-0.1, -0.05) is 0 Å². The molecule has 4 aromatic rings. The van der Waals surface area contributed by atoms with Gasteiger partial charge in [-0.2, -0.15) is 0 Å². The van der Waals surface area contributed by atoms with E-state index in [4.69, 9.17) is 9.47 Å². The molecule has 0 N–H and O–H groups in total. The monoisotopic (exact) mass is 730 g/mol. The molecule has 12 heteroatoms. The molecule has 280 valence electrons. The van der Waals surface area contributed by atoms with Crippen LogP contribution in [0.5, 0.6) is 11.5 Å². The Morgan fingerprint density at radius 2 is 1.61 bits per heavy atom. The van der Waals surface area contributed by atoms with Gasteiger partial charge in [-0.05, 0) is 86.3 Å². The second kappa shape index (κ2) is 13.3. The maximum Gasteiger partial charge on any atom is 0.259 e. The number of hydrogen-bond donors (Lipinski definition) is 0. The van der Waals surface area contributed by atoms with Crippen LogP contribution in [-0.4, -0.2) is 96.4 Å². The van der Waals surface area contributed by atoms with Gasteiger partial charge in [0.15, 0.2) is 5.78 Å². The number of carbonyl (C=O) groups is 3. The second-order valence-electron chi connectivity index (χ2n) is 15.9. The quantitative estimate of drug-likeness (QED) is 0.239. The van der Waals surface area contributed by atoms with Gasteiger partial charge in [0, 0.05) is 92.7 Å². The molecule has 1 spiro atoms. The highest BCUT2D eigenvalue weighted by molar-refractivity contribution is 6.07. The predicted octanol–water partition coefficient (Wildman–Crippen LogP) is 4.58. The lowest BCUT2D eigenvalue weighted by atomic mass is 9.71. The lowest BCUT2D eigenvalue weighted by Crippen LogP contribution is -2.60. The molecule has 6 heterocycles. The first-order chi connectivity index (χ1) is 26.1. The highest BCUT2D eigenvalue weighted by Crippen LogP contribution is 2.45. The smallest absolute Gasteiger partial charge is 0.259 e. The molecule has 2 aromatic heterocycles. The highest BCUT2D eigenvalue weighted by Gasteiger charge is 2.46. The minimum absolute atomic E-state index is 0.0315. The third-order valence-electron chi connectivity index (χ3n) is 12.6. The number of nitrogens with zero attached hydrogens (tertiary/aromatic N) is 6. The Hall–Kier alpha value is -5.23. The normalized spacial score (nSPS) is 21.1. The molecule has 2 aromatic carbocycles. The predicted molar refractivity (Wildman–Crippen MR) is 205 cm³/mol. The summed E-state index contributed by atoms with van der Waals surface area (Å²) in [6, 6.07) is 11.7. The number of fused-ring (bicyclic) bond motifs is 2. The van der Waals surface area contributed by atoms with Crippen LogP contribution in [0.3, 0.4) is 0 Å². The zero-order valence-electron chi connectivity index (χ0n) is 31.2. The molecule has 0 bridgehead atoms. The van der Waals surface area contributed by atoms with Gasteiger partial charge in [-0.3, -0.25) is 24.1 Å². The van der Waals surface area contributed by atoms with Crippen LogP contribution in [0.1, 0.15) is 60.0 Å². The van der Waals surface area contributed by atoms with E-state index in [9.17, 15) is 19.2 Å². The van der Waals surface area contributed by atoms with Crippen LogP contribution in [0, 0.1) is 5.41 Å². The van der Waals surface area contributed by atoms with Crippen molar-refractivity contribution in [2.75, 3.05) is 63.3 Å². The SMILES string of the molecule is COc1cc(-c2cn(C)c(=O)c3cnc(N4CCC4)cc23)cc(OC)c1CN1CCC2(CC1)CN(c1ccc3c(c1)CN(C1CCC(=O)CC1=O)C3=O)C2. The first-order valence-corrected chi connectivity index (χ1v) is 19.1. The summed E-state index contributed by atoms with van der Waals surface area (Å²) in [4.78, 5) is 64.1. The van der Waals surface area contributed by atoms with Crippen molar-refractivity contribution >= 4 is 39.8 Å². The van der Waals surface area contributed by atoms with E-state index in [1.807, 2.05) is 24.4 Å². The number of rotatable bonds is 8. The first kappa shape index (κ1) is 34.5. The highest BCUT2D eigenvalue weighted by atomic mass is 16.5. The zero-order valence-corrected chi connectivity index (χ0v) is 31.2. The summed E-state index contributed by atoms with van der Waals surface area (Å²) >= 11 is 0. The van der Waals surface area contributed by atoms with E-state index in [0.29, 0.717) is 36.9 Å². The van der Waals surface area contributed by atoms with E-state index in [1.165, 1.54) is 0 Å². The molecule has 1 aliphatic carbocycles. The summed E-state index contributed by atoms with van der Waals surface area (Å²) in [6.45, 7) is 6.95. The number of aromatic nitrogens is 2. The molecule has 54 heavy (non-hydrogen) atoms. The Balaban J connectivity index is 0.876. The van der Waals surface area contributed by atoms with E-state index in [0.717, 1.165) is 109 Å². The van der Waals surface area contributed by atoms with Crippen LogP contribution in [-0.2, 0) is 29.7 Å². The van der Waals surface area contributed by atoms with Gasteiger partial charge in [0.05, 0.1) is 37.6 Å². The van der Waals surface area contributed by atoms with Gasteiger partial charge < -0.3 is 28.7 Å². The molecule has 3 saturated heterocycles. The summed E-state index contributed by atoms with van der Waals surface area (Å²) in [5.74, 6) is 2.13. The number of likely N-dealkylation sites (tertiary alicyclic amines) is 1. The Bertz CT molecular complexity index is 2240. The van der Waals surface area contributed by atoms with Crippen LogP contribution in [0.15, 0.2) is 53.6 Å². The molecule has 1 atom stereocenters. The minimum Gasteiger partial charge on any atom is -0.496 e. The van der Waals surface area contributed by atoms with E-state index in [1.54, 1.807) is 36.9 Å². The number of amides is 1. The second-order valence-corrected chi connectivity index (χ2v) is 15.9. The van der Waals surface area contributed by atoms with Crippen molar-refractivity contribution in [3.8, 4) is 22.6 Å². The fourth-order valence-corrected chi connectivity index (χ4v) is 9.23. The third-order valence-corrected chi connectivity index (χ3v) is 12.6. The first-order valence-electron chi connectivity index (χ1n) is 19.1. The van der Waals surface area contributed by atoms with Crippen molar-refractivity contribution in [2.45, 2.75) is 57.7 Å². The summed E-state index contributed by atoms with van der Waals surface area (Å²) in [5, 5.41) is 1.45. The number of anilines is 2. The largest absolute Gasteiger partial charge is 0.496 e. The topological polar surface area (TPSA) is 118 Å². The van der Waals surface area contributed by atoms with Crippen molar-refractivity contribution in [1.82, 2.24) is 19.4 Å². The van der Waals surface area contributed by atoms with Crippen molar-refractivity contribution in [1.29, 1.82) is 0 Å². The average Bonchev–Trinajstić information content (AvgIpc) is 3.46. The van der Waals surface area contributed by atoms with E-state index in [2.05, 4.69) is 37.9 Å². The molecular weight excluding hydrogens is 684 g/mol. The Labute approximate surface area is 314 Å². The summed E-state index contributed by atoms with van der Waals surface area (Å²) in [6.07, 6.45) is 7.63. The number of pyridine rings is 2. The summed E-state index contributed by atoms with van der Waals surface area (Å²) in [5.41, 5.74) is 5.79. The van der Waals surface area contributed by atoms with Gasteiger partial charge in [-0.25, -0.2) is 4.98 Å².